The summed E-state index contributed by atoms with van der Waals surface area (Å²) in [6, 6.07) is 9.55. The number of piperazine rings is 1. The van der Waals surface area contributed by atoms with Crippen LogP contribution in [0.1, 0.15) is 25.8 Å². The van der Waals surface area contributed by atoms with E-state index in [9.17, 15) is 13.2 Å². The van der Waals surface area contributed by atoms with Gasteiger partial charge in [0.25, 0.3) is 0 Å². The minimum absolute atomic E-state index is 0.120. The highest BCUT2D eigenvalue weighted by molar-refractivity contribution is 5.25. The van der Waals surface area contributed by atoms with Crippen molar-refractivity contribution in [2.75, 3.05) is 19.6 Å². The zero-order chi connectivity index (χ0) is 14.8. The standard InChI is InChI=1S/C15H21F3N2/c1-3-13-9-20(11-15(16,17)18)14(2,10-19-13)12-7-5-4-6-8-12/h4-8,13,19H,3,9-11H2,1-2H3. The van der Waals surface area contributed by atoms with Crippen LogP contribution in [-0.4, -0.2) is 36.8 Å². The Morgan fingerprint density at radius 3 is 2.50 bits per heavy atom. The smallest absolute Gasteiger partial charge is 0.311 e. The van der Waals surface area contributed by atoms with Crippen molar-refractivity contribution < 1.29 is 13.2 Å². The molecule has 1 saturated heterocycles. The van der Waals surface area contributed by atoms with E-state index in [2.05, 4.69) is 5.32 Å². The molecule has 0 saturated carbocycles. The van der Waals surface area contributed by atoms with Crippen LogP contribution < -0.4 is 5.32 Å². The molecule has 0 bridgehead atoms. The van der Waals surface area contributed by atoms with Crippen LogP contribution in [0.25, 0.3) is 0 Å². The highest BCUT2D eigenvalue weighted by Gasteiger charge is 2.43. The molecule has 1 N–H and O–H groups in total. The van der Waals surface area contributed by atoms with Gasteiger partial charge in [-0.15, -0.1) is 0 Å². The second kappa shape index (κ2) is 5.74. The number of benzene rings is 1. The molecule has 0 radical (unpaired) electrons. The highest BCUT2D eigenvalue weighted by Crippen LogP contribution is 2.33. The van der Waals surface area contributed by atoms with Crippen LogP contribution in [0.4, 0.5) is 13.2 Å². The monoisotopic (exact) mass is 286 g/mol. The summed E-state index contributed by atoms with van der Waals surface area (Å²) in [6.45, 7) is 3.96. The molecule has 2 unspecified atom stereocenters. The van der Waals surface area contributed by atoms with Crippen LogP contribution in [0.5, 0.6) is 0 Å². The van der Waals surface area contributed by atoms with E-state index in [1.807, 2.05) is 44.2 Å². The zero-order valence-electron chi connectivity index (χ0n) is 11.9. The lowest BCUT2D eigenvalue weighted by Gasteiger charge is -2.48. The molecule has 0 aromatic heterocycles. The molecule has 2 rings (SSSR count). The third-order valence-corrected chi connectivity index (χ3v) is 4.13. The van der Waals surface area contributed by atoms with E-state index < -0.39 is 18.3 Å². The predicted molar refractivity (Wildman–Crippen MR) is 73.5 cm³/mol. The first-order valence-corrected chi connectivity index (χ1v) is 6.96. The molecule has 5 heteroatoms. The number of nitrogens with one attached hydrogen (secondary N) is 1. The molecule has 20 heavy (non-hydrogen) atoms. The molecule has 1 aliphatic rings. The Morgan fingerprint density at radius 2 is 1.95 bits per heavy atom. The molecule has 2 atom stereocenters. The van der Waals surface area contributed by atoms with Crippen molar-refractivity contribution in [3.63, 3.8) is 0 Å². The first-order valence-electron chi connectivity index (χ1n) is 6.96. The van der Waals surface area contributed by atoms with Gasteiger partial charge in [0.05, 0.1) is 12.1 Å². The van der Waals surface area contributed by atoms with Gasteiger partial charge in [0.1, 0.15) is 0 Å². The van der Waals surface area contributed by atoms with E-state index in [1.54, 1.807) is 4.90 Å². The first-order chi connectivity index (χ1) is 9.35. The molecule has 1 aromatic carbocycles. The summed E-state index contributed by atoms with van der Waals surface area (Å²) in [5.74, 6) is 0. The Morgan fingerprint density at radius 1 is 1.30 bits per heavy atom. The number of rotatable bonds is 3. The summed E-state index contributed by atoms with van der Waals surface area (Å²) in [7, 11) is 0. The minimum Gasteiger partial charge on any atom is -0.311 e. The third kappa shape index (κ3) is 3.33. The lowest BCUT2D eigenvalue weighted by atomic mass is 9.86. The summed E-state index contributed by atoms with van der Waals surface area (Å²) in [4.78, 5) is 1.56. The second-order valence-corrected chi connectivity index (χ2v) is 5.62. The lowest BCUT2D eigenvalue weighted by Crippen LogP contribution is -2.62. The maximum atomic E-state index is 12.9. The fraction of sp³-hybridized carbons (Fsp3) is 0.600. The Balaban J connectivity index is 2.28. The quantitative estimate of drug-likeness (QED) is 0.918. The predicted octanol–water partition coefficient (Wildman–Crippen LogP) is 3.15. The van der Waals surface area contributed by atoms with Crippen molar-refractivity contribution in [1.82, 2.24) is 10.2 Å². The second-order valence-electron chi connectivity index (χ2n) is 5.62. The number of hydrogen-bond acceptors (Lipinski definition) is 2. The van der Waals surface area contributed by atoms with Crippen LogP contribution in [-0.2, 0) is 5.54 Å². The molecule has 112 valence electrons. The number of alkyl halides is 3. The van der Waals surface area contributed by atoms with Crippen molar-refractivity contribution >= 4 is 0 Å². The maximum Gasteiger partial charge on any atom is 0.401 e. The summed E-state index contributed by atoms with van der Waals surface area (Å²) in [6.07, 6.45) is -3.34. The Labute approximate surface area is 118 Å². The molecule has 1 heterocycles. The molecule has 2 nitrogen and oxygen atoms in total. The average Bonchev–Trinajstić information content (AvgIpc) is 2.41. The van der Waals surface area contributed by atoms with E-state index in [0.717, 1.165) is 12.0 Å². The molecular weight excluding hydrogens is 265 g/mol. The molecule has 0 aliphatic carbocycles. The van der Waals surface area contributed by atoms with Gasteiger partial charge in [0.2, 0.25) is 0 Å². The summed E-state index contributed by atoms with van der Waals surface area (Å²) in [5.41, 5.74) is 0.300. The maximum absolute atomic E-state index is 12.9. The Hall–Kier alpha value is -1.07. The molecule has 1 aliphatic heterocycles. The first kappa shape index (κ1) is 15.3. The molecular formula is C15H21F3N2. The van der Waals surface area contributed by atoms with Crippen molar-refractivity contribution in [3.8, 4) is 0 Å². The fourth-order valence-corrected chi connectivity index (χ4v) is 2.80. The van der Waals surface area contributed by atoms with E-state index in [0.29, 0.717) is 13.1 Å². The Kier molecular flexibility index (Phi) is 4.39. The van der Waals surface area contributed by atoms with Crippen molar-refractivity contribution in [3.05, 3.63) is 35.9 Å². The largest absolute Gasteiger partial charge is 0.401 e. The SMILES string of the molecule is CCC1CN(CC(F)(F)F)C(C)(c2ccccc2)CN1. The Bertz CT molecular complexity index is 432. The van der Waals surface area contributed by atoms with Crippen LogP contribution in [0.15, 0.2) is 30.3 Å². The topological polar surface area (TPSA) is 15.3 Å². The van der Waals surface area contributed by atoms with Crippen molar-refractivity contribution in [2.24, 2.45) is 0 Å². The normalized spacial score (nSPS) is 28.6. The van der Waals surface area contributed by atoms with Crippen molar-refractivity contribution in [1.29, 1.82) is 0 Å². The van der Waals surface area contributed by atoms with Gasteiger partial charge in [-0.05, 0) is 18.9 Å². The van der Waals surface area contributed by atoms with Crippen LogP contribution in [0, 0.1) is 0 Å². The number of hydrogen-bond donors (Lipinski definition) is 1. The van der Waals surface area contributed by atoms with E-state index >= 15 is 0 Å². The molecule has 0 spiro atoms. The van der Waals surface area contributed by atoms with Crippen LogP contribution in [0.3, 0.4) is 0 Å². The van der Waals surface area contributed by atoms with Gasteiger partial charge in [-0.1, -0.05) is 37.3 Å². The van der Waals surface area contributed by atoms with Gasteiger partial charge >= 0.3 is 6.18 Å². The van der Waals surface area contributed by atoms with Gasteiger partial charge in [0, 0.05) is 19.1 Å². The summed E-state index contributed by atoms with van der Waals surface area (Å²) in [5, 5.41) is 3.36. The van der Waals surface area contributed by atoms with Gasteiger partial charge in [0.15, 0.2) is 0 Å². The highest BCUT2D eigenvalue weighted by atomic mass is 19.4. The average molecular weight is 286 g/mol. The van der Waals surface area contributed by atoms with Crippen LogP contribution >= 0.6 is 0 Å². The fourth-order valence-electron chi connectivity index (χ4n) is 2.80. The third-order valence-electron chi connectivity index (χ3n) is 4.13. The van der Waals surface area contributed by atoms with Crippen LogP contribution in [0.2, 0.25) is 0 Å². The molecule has 1 aromatic rings. The lowest BCUT2D eigenvalue weighted by molar-refractivity contribution is -0.164. The van der Waals surface area contributed by atoms with Gasteiger partial charge < -0.3 is 5.32 Å². The van der Waals surface area contributed by atoms with Gasteiger partial charge in [-0.25, -0.2) is 0 Å². The van der Waals surface area contributed by atoms with E-state index in [1.165, 1.54) is 0 Å². The summed E-state index contributed by atoms with van der Waals surface area (Å²) >= 11 is 0. The summed E-state index contributed by atoms with van der Waals surface area (Å²) < 4.78 is 38.6. The minimum atomic E-state index is -4.17. The van der Waals surface area contributed by atoms with Gasteiger partial charge in [-0.3, -0.25) is 4.90 Å². The molecule has 0 amide bonds. The van der Waals surface area contributed by atoms with E-state index in [4.69, 9.17) is 0 Å². The number of nitrogens with zero attached hydrogens (tertiary/aromatic N) is 1. The van der Waals surface area contributed by atoms with E-state index in [-0.39, 0.29) is 6.04 Å². The zero-order valence-corrected chi connectivity index (χ0v) is 11.9. The number of halogens is 3. The molecule has 1 fully saturated rings. The van der Waals surface area contributed by atoms with Crippen molar-refractivity contribution in [2.45, 2.75) is 38.0 Å². The van der Waals surface area contributed by atoms with Gasteiger partial charge in [-0.2, -0.15) is 13.2 Å².